The Hall–Kier alpha value is -0.150. The van der Waals surface area contributed by atoms with Crippen molar-refractivity contribution in [3.8, 4) is 0 Å². The van der Waals surface area contributed by atoms with Gasteiger partial charge in [0.2, 0.25) is 0 Å². The average molecular weight is 161 g/mol. The zero-order chi connectivity index (χ0) is 8.10. The highest BCUT2D eigenvalue weighted by Crippen LogP contribution is 2.18. The number of likely N-dealkylation sites (tertiary alicyclic amines) is 1. The van der Waals surface area contributed by atoms with Gasteiger partial charge in [0.25, 0.3) is 0 Å². The van der Waals surface area contributed by atoms with Crippen LogP contribution >= 0.6 is 0 Å². The van der Waals surface area contributed by atoms with Gasteiger partial charge in [-0.3, -0.25) is 4.39 Å². The van der Waals surface area contributed by atoms with Crippen LogP contribution in [0.2, 0.25) is 0 Å². The van der Waals surface area contributed by atoms with E-state index >= 15 is 0 Å². The standard InChI is InChI=1S/C8H16FNO/c9-3-1-8-2-4-10(7-8)5-6-11/h8,11H,1-7H2/t8-/m0/s1. The van der Waals surface area contributed by atoms with Gasteiger partial charge in [0.05, 0.1) is 13.3 Å². The van der Waals surface area contributed by atoms with E-state index in [0.29, 0.717) is 12.3 Å². The molecule has 3 heteroatoms. The molecule has 0 aromatic rings. The summed E-state index contributed by atoms with van der Waals surface area (Å²) < 4.78 is 11.9. The Labute approximate surface area is 67.0 Å². The molecule has 1 aliphatic heterocycles. The van der Waals surface area contributed by atoms with Gasteiger partial charge in [-0.25, -0.2) is 0 Å². The molecule has 1 heterocycles. The van der Waals surface area contributed by atoms with E-state index in [1.54, 1.807) is 0 Å². The Morgan fingerprint density at radius 2 is 2.36 bits per heavy atom. The Kier molecular flexibility index (Phi) is 3.80. The number of rotatable bonds is 4. The summed E-state index contributed by atoms with van der Waals surface area (Å²) in [6.07, 6.45) is 1.80. The first-order valence-electron chi connectivity index (χ1n) is 4.26. The van der Waals surface area contributed by atoms with Crippen LogP contribution in [-0.4, -0.2) is 42.9 Å². The molecule has 0 bridgehead atoms. The molecule has 0 spiro atoms. The van der Waals surface area contributed by atoms with Crippen LogP contribution in [-0.2, 0) is 0 Å². The number of hydrogen-bond acceptors (Lipinski definition) is 2. The summed E-state index contributed by atoms with van der Waals surface area (Å²) in [4.78, 5) is 2.19. The van der Waals surface area contributed by atoms with Crippen molar-refractivity contribution in [3.63, 3.8) is 0 Å². The molecule has 1 saturated heterocycles. The van der Waals surface area contributed by atoms with Gasteiger partial charge in [-0.2, -0.15) is 0 Å². The molecule has 66 valence electrons. The molecule has 1 aliphatic rings. The van der Waals surface area contributed by atoms with E-state index in [9.17, 15) is 4.39 Å². The molecule has 0 unspecified atom stereocenters. The summed E-state index contributed by atoms with van der Waals surface area (Å²) in [5.41, 5.74) is 0. The molecule has 1 rings (SSSR count). The predicted molar refractivity (Wildman–Crippen MR) is 42.2 cm³/mol. The molecule has 1 fully saturated rings. The zero-order valence-corrected chi connectivity index (χ0v) is 6.80. The zero-order valence-electron chi connectivity index (χ0n) is 6.80. The molecular formula is C8H16FNO. The summed E-state index contributed by atoms with van der Waals surface area (Å²) in [6, 6.07) is 0. The molecule has 1 N–H and O–H groups in total. The van der Waals surface area contributed by atoms with Crippen molar-refractivity contribution in [1.82, 2.24) is 4.90 Å². The molecule has 11 heavy (non-hydrogen) atoms. The molecular weight excluding hydrogens is 145 g/mol. The molecule has 2 nitrogen and oxygen atoms in total. The lowest BCUT2D eigenvalue weighted by Crippen LogP contribution is -2.24. The molecule has 1 atom stereocenters. The van der Waals surface area contributed by atoms with Crippen molar-refractivity contribution >= 4 is 0 Å². The van der Waals surface area contributed by atoms with Crippen molar-refractivity contribution in [2.75, 3.05) is 32.9 Å². The predicted octanol–water partition coefficient (Wildman–Crippen LogP) is 0.660. The van der Waals surface area contributed by atoms with Gasteiger partial charge in [-0.15, -0.1) is 0 Å². The van der Waals surface area contributed by atoms with E-state index in [-0.39, 0.29) is 13.3 Å². The van der Waals surface area contributed by atoms with Gasteiger partial charge in [0.1, 0.15) is 0 Å². The Balaban J connectivity index is 2.12. The van der Waals surface area contributed by atoms with Gasteiger partial charge in [0.15, 0.2) is 0 Å². The number of hydrogen-bond donors (Lipinski definition) is 1. The van der Waals surface area contributed by atoms with E-state index in [1.807, 2.05) is 0 Å². The third-order valence-electron chi connectivity index (χ3n) is 2.30. The minimum Gasteiger partial charge on any atom is -0.395 e. The number of aliphatic hydroxyl groups excluding tert-OH is 1. The lowest BCUT2D eigenvalue weighted by molar-refractivity contribution is 0.215. The monoisotopic (exact) mass is 161 g/mol. The molecule has 0 radical (unpaired) electrons. The van der Waals surface area contributed by atoms with E-state index in [2.05, 4.69) is 4.90 Å². The number of β-amino-alcohol motifs (C(OH)–C–C–N with tert-alkyl or cyclic N) is 1. The third kappa shape index (κ3) is 2.75. The molecule has 0 aliphatic carbocycles. The fraction of sp³-hybridized carbons (Fsp3) is 1.00. The van der Waals surface area contributed by atoms with E-state index in [4.69, 9.17) is 5.11 Å². The summed E-state index contributed by atoms with van der Waals surface area (Å²) in [5, 5.41) is 8.63. The second-order valence-corrected chi connectivity index (χ2v) is 3.16. The maximum Gasteiger partial charge on any atom is 0.0897 e. The Bertz CT molecular complexity index is 98.3. The maximum absolute atomic E-state index is 11.9. The van der Waals surface area contributed by atoms with Crippen molar-refractivity contribution in [1.29, 1.82) is 0 Å². The third-order valence-corrected chi connectivity index (χ3v) is 2.30. The number of alkyl halides is 1. The normalized spacial score (nSPS) is 26.2. The fourth-order valence-corrected chi connectivity index (χ4v) is 1.65. The van der Waals surface area contributed by atoms with Crippen LogP contribution in [0.25, 0.3) is 0 Å². The average Bonchev–Trinajstić information content (AvgIpc) is 2.38. The Morgan fingerprint density at radius 1 is 1.55 bits per heavy atom. The molecule has 0 aromatic heterocycles. The van der Waals surface area contributed by atoms with Crippen molar-refractivity contribution in [3.05, 3.63) is 0 Å². The molecule has 0 amide bonds. The minimum atomic E-state index is -0.197. The first kappa shape index (κ1) is 8.94. The van der Waals surface area contributed by atoms with Crippen molar-refractivity contribution in [2.24, 2.45) is 5.92 Å². The Morgan fingerprint density at radius 3 is 3.00 bits per heavy atom. The van der Waals surface area contributed by atoms with Crippen molar-refractivity contribution < 1.29 is 9.50 Å². The summed E-state index contributed by atoms with van der Waals surface area (Å²) in [6.45, 7) is 2.79. The van der Waals surface area contributed by atoms with E-state index < -0.39 is 0 Å². The first-order chi connectivity index (χ1) is 5.36. The van der Waals surface area contributed by atoms with E-state index in [1.165, 1.54) is 0 Å². The summed E-state index contributed by atoms with van der Waals surface area (Å²) in [7, 11) is 0. The first-order valence-corrected chi connectivity index (χ1v) is 4.26. The number of halogens is 1. The van der Waals surface area contributed by atoms with Gasteiger partial charge in [0, 0.05) is 13.1 Å². The van der Waals surface area contributed by atoms with Crippen LogP contribution < -0.4 is 0 Å². The smallest absolute Gasteiger partial charge is 0.0897 e. The maximum atomic E-state index is 11.9. The molecule has 0 saturated carbocycles. The van der Waals surface area contributed by atoms with Crippen LogP contribution in [0.5, 0.6) is 0 Å². The van der Waals surface area contributed by atoms with Crippen LogP contribution in [0, 0.1) is 5.92 Å². The molecule has 0 aromatic carbocycles. The van der Waals surface area contributed by atoms with Crippen LogP contribution in [0.4, 0.5) is 4.39 Å². The fourth-order valence-electron chi connectivity index (χ4n) is 1.65. The van der Waals surface area contributed by atoms with Gasteiger partial charge >= 0.3 is 0 Å². The van der Waals surface area contributed by atoms with Crippen LogP contribution in [0.3, 0.4) is 0 Å². The topological polar surface area (TPSA) is 23.5 Å². The van der Waals surface area contributed by atoms with Crippen LogP contribution in [0.15, 0.2) is 0 Å². The van der Waals surface area contributed by atoms with Gasteiger partial charge in [-0.05, 0) is 25.3 Å². The van der Waals surface area contributed by atoms with Crippen LogP contribution in [0.1, 0.15) is 12.8 Å². The summed E-state index contributed by atoms with van der Waals surface area (Å²) >= 11 is 0. The minimum absolute atomic E-state index is 0.197. The second kappa shape index (κ2) is 4.67. The van der Waals surface area contributed by atoms with Crippen molar-refractivity contribution in [2.45, 2.75) is 12.8 Å². The second-order valence-electron chi connectivity index (χ2n) is 3.16. The van der Waals surface area contributed by atoms with Gasteiger partial charge < -0.3 is 10.0 Å². The number of aliphatic hydroxyl groups is 1. The largest absolute Gasteiger partial charge is 0.395 e. The summed E-state index contributed by atoms with van der Waals surface area (Å²) in [5.74, 6) is 0.534. The van der Waals surface area contributed by atoms with Gasteiger partial charge in [-0.1, -0.05) is 0 Å². The quantitative estimate of drug-likeness (QED) is 0.654. The lowest BCUT2D eigenvalue weighted by atomic mass is 10.1. The highest BCUT2D eigenvalue weighted by molar-refractivity contribution is 4.74. The highest BCUT2D eigenvalue weighted by Gasteiger charge is 2.20. The highest BCUT2D eigenvalue weighted by atomic mass is 19.1. The van der Waals surface area contributed by atoms with E-state index in [0.717, 1.165) is 26.1 Å². The number of nitrogens with zero attached hydrogens (tertiary/aromatic N) is 1. The lowest BCUT2D eigenvalue weighted by Gasteiger charge is -2.12. The SMILES string of the molecule is OCCN1CC[C@H](CCF)C1.